The highest BCUT2D eigenvalue weighted by atomic mass is 79.9. The molecule has 0 amide bonds. The number of nitrogens with zero attached hydrogens (tertiary/aromatic N) is 2. The van der Waals surface area contributed by atoms with Gasteiger partial charge in [-0.2, -0.15) is 4.98 Å². The van der Waals surface area contributed by atoms with Crippen LogP contribution in [0.4, 0.5) is 0 Å². The van der Waals surface area contributed by atoms with Gasteiger partial charge >= 0.3 is 5.69 Å². The summed E-state index contributed by atoms with van der Waals surface area (Å²) >= 11 is 3.43. The summed E-state index contributed by atoms with van der Waals surface area (Å²) < 4.78 is 7.91. The van der Waals surface area contributed by atoms with Crippen LogP contribution in [0.3, 0.4) is 0 Å². The summed E-state index contributed by atoms with van der Waals surface area (Å²) in [6.45, 7) is 4.17. The molecule has 0 bridgehead atoms. The van der Waals surface area contributed by atoms with Crippen molar-refractivity contribution in [2.24, 2.45) is 0 Å². The highest BCUT2D eigenvalue weighted by molar-refractivity contribution is 9.10. The van der Waals surface area contributed by atoms with Gasteiger partial charge in [0.1, 0.15) is 5.75 Å². The number of aryl methyl sites for hydroxylation is 2. The molecular weight excluding hydrogens is 308 g/mol. The van der Waals surface area contributed by atoms with Crippen LogP contribution in [0.5, 0.6) is 5.75 Å². The molecule has 1 heterocycles. The second-order valence-corrected chi connectivity index (χ2v) is 5.28. The van der Waals surface area contributed by atoms with E-state index < -0.39 is 0 Å². The third kappa shape index (κ3) is 3.04. The lowest BCUT2D eigenvalue weighted by atomic mass is 10.2. The van der Waals surface area contributed by atoms with E-state index in [-0.39, 0.29) is 5.69 Å². The maximum absolute atomic E-state index is 11.9. The zero-order valence-electron chi connectivity index (χ0n) is 11.1. The van der Waals surface area contributed by atoms with Crippen molar-refractivity contribution in [1.82, 2.24) is 9.55 Å². The monoisotopic (exact) mass is 322 g/mol. The predicted molar refractivity (Wildman–Crippen MR) is 77.8 cm³/mol. The van der Waals surface area contributed by atoms with Gasteiger partial charge in [0.15, 0.2) is 0 Å². The molecule has 0 spiro atoms. The van der Waals surface area contributed by atoms with Gasteiger partial charge in [-0.3, -0.25) is 4.57 Å². The van der Waals surface area contributed by atoms with Crippen molar-refractivity contribution in [1.29, 1.82) is 0 Å². The minimum Gasteiger partial charge on any atom is -0.496 e. The number of hydrogen-bond acceptors (Lipinski definition) is 3. The number of ether oxygens (including phenoxy) is 1. The third-order valence-electron chi connectivity index (χ3n) is 2.92. The van der Waals surface area contributed by atoms with Crippen LogP contribution in [0.25, 0.3) is 0 Å². The first-order valence-electron chi connectivity index (χ1n) is 5.89. The third-order valence-corrected chi connectivity index (χ3v) is 3.41. The van der Waals surface area contributed by atoms with E-state index in [9.17, 15) is 4.79 Å². The molecule has 1 aromatic heterocycles. The van der Waals surface area contributed by atoms with E-state index in [1.54, 1.807) is 11.7 Å². The van der Waals surface area contributed by atoms with Crippen LogP contribution in [0.15, 0.2) is 33.5 Å². The standard InChI is InChI=1S/C14H15BrN2O2/c1-9-6-10(2)17(14(18)16-9)8-11-7-12(15)4-5-13(11)19-3/h4-7H,8H2,1-3H3. The summed E-state index contributed by atoms with van der Waals surface area (Å²) in [5, 5.41) is 0. The van der Waals surface area contributed by atoms with E-state index in [0.717, 1.165) is 27.2 Å². The first-order valence-corrected chi connectivity index (χ1v) is 6.68. The Labute approximate surface area is 120 Å². The van der Waals surface area contributed by atoms with Crippen molar-refractivity contribution >= 4 is 15.9 Å². The fourth-order valence-electron chi connectivity index (χ4n) is 2.01. The summed E-state index contributed by atoms with van der Waals surface area (Å²) in [5.41, 5.74) is 2.33. The van der Waals surface area contributed by atoms with E-state index >= 15 is 0 Å². The van der Waals surface area contributed by atoms with Crippen molar-refractivity contribution in [3.63, 3.8) is 0 Å². The predicted octanol–water partition coefficient (Wildman–Crippen LogP) is 2.68. The van der Waals surface area contributed by atoms with Gasteiger partial charge in [0.25, 0.3) is 0 Å². The van der Waals surface area contributed by atoms with Crippen molar-refractivity contribution in [3.8, 4) is 5.75 Å². The molecule has 0 N–H and O–H groups in total. The lowest BCUT2D eigenvalue weighted by molar-refractivity contribution is 0.407. The molecule has 2 rings (SSSR count). The molecule has 0 unspecified atom stereocenters. The minimum atomic E-state index is -0.237. The first-order chi connectivity index (χ1) is 9.01. The number of benzene rings is 1. The maximum atomic E-state index is 11.9. The normalized spacial score (nSPS) is 10.5. The van der Waals surface area contributed by atoms with E-state index in [0.29, 0.717) is 6.54 Å². The van der Waals surface area contributed by atoms with Crippen LogP contribution >= 0.6 is 15.9 Å². The quantitative estimate of drug-likeness (QED) is 0.872. The van der Waals surface area contributed by atoms with E-state index in [2.05, 4.69) is 20.9 Å². The largest absolute Gasteiger partial charge is 0.496 e. The summed E-state index contributed by atoms with van der Waals surface area (Å²) in [4.78, 5) is 15.9. The fourth-order valence-corrected chi connectivity index (χ4v) is 2.42. The second kappa shape index (κ2) is 5.57. The Hall–Kier alpha value is -1.62. The van der Waals surface area contributed by atoms with Crippen molar-refractivity contribution < 1.29 is 4.74 Å². The molecule has 0 radical (unpaired) electrons. The van der Waals surface area contributed by atoms with E-state index in [4.69, 9.17) is 4.74 Å². The van der Waals surface area contributed by atoms with Crippen molar-refractivity contribution in [3.05, 3.63) is 56.2 Å². The Morgan fingerprint density at radius 2 is 2.05 bits per heavy atom. The van der Waals surface area contributed by atoms with Gasteiger partial charge in [0.05, 0.1) is 13.7 Å². The van der Waals surface area contributed by atoms with E-state index in [1.165, 1.54) is 0 Å². The maximum Gasteiger partial charge on any atom is 0.348 e. The summed E-state index contributed by atoms with van der Waals surface area (Å²) in [6.07, 6.45) is 0. The Balaban J connectivity index is 2.47. The molecule has 0 atom stereocenters. The van der Waals surface area contributed by atoms with Gasteiger partial charge in [-0.05, 0) is 38.1 Å². The molecule has 0 saturated heterocycles. The second-order valence-electron chi connectivity index (χ2n) is 4.36. The molecule has 1 aromatic carbocycles. The van der Waals surface area contributed by atoms with Crippen LogP contribution in [-0.4, -0.2) is 16.7 Å². The number of hydrogen-bond donors (Lipinski definition) is 0. The average molecular weight is 323 g/mol. The van der Waals surface area contributed by atoms with Gasteiger partial charge in [0, 0.05) is 21.4 Å². The van der Waals surface area contributed by atoms with Crippen molar-refractivity contribution in [2.75, 3.05) is 7.11 Å². The lowest BCUT2D eigenvalue weighted by Gasteiger charge is -2.13. The Bertz CT molecular complexity index is 665. The highest BCUT2D eigenvalue weighted by Crippen LogP contribution is 2.23. The Morgan fingerprint density at radius 3 is 2.68 bits per heavy atom. The SMILES string of the molecule is COc1ccc(Br)cc1Cn1c(C)cc(C)nc1=O. The topological polar surface area (TPSA) is 44.1 Å². The van der Waals surface area contributed by atoms with Crippen LogP contribution < -0.4 is 10.4 Å². The molecule has 0 fully saturated rings. The molecule has 4 nitrogen and oxygen atoms in total. The summed E-state index contributed by atoms with van der Waals surface area (Å²) in [5.74, 6) is 0.759. The number of rotatable bonds is 3. The Kier molecular flexibility index (Phi) is 4.04. The smallest absolute Gasteiger partial charge is 0.348 e. The zero-order chi connectivity index (χ0) is 14.0. The molecule has 0 aliphatic rings. The summed E-state index contributed by atoms with van der Waals surface area (Å²) in [7, 11) is 1.62. The fraction of sp³-hybridized carbons (Fsp3) is 0.286. The zero-order valence-corrected chi connectivity index (χ0v) is 12.7. The highest BCUT2D eigenvalue weighted by Gasteiger charge is 2.08. The molecule has 100 valence electrons. The Morgan fingerprint density at radius 1 is 1.32 bits per heavy atom. The van der Waals surface area contributed by atoms with Crippen LogP contribution in [0, 0.1) is 13.8 Å². The minimum absolute atomic E-state index is 0.237. The van der Waals surface area contributed by atoms with Gasteiger partial charge in [-0.25, -0.2) is 4.79 Å². The number of aromatic nitrogens is 2. The number of halogens is 1. The molecule has 0 aliphatic carbocycles. The van der Waals surface area contributed by atoms with Crippen LogP contribution in [0.2, 0.25) is 0 Å². The van der Waals surface area contributed by atoms with Crippen LogP contribution in [-0.2, 0) is 6.54 Å². The first kappa shape index (κ1) is 13.8. The molecule has 0 saturated carbocycles. The van der Waals surface area contributed by atoms with Crippen molar-refractivity contribution in [2.45, 2.75) is 20.4 Å². The van der Waals surface area contributed by atoms with E-state index in [1.807, 2.05) is 38.1 Å². The molecule has 2 aromatic rings. The molecular formula is C14H15BrN2O2. The average Bonchev–Trinajstić information content (AvgIpc) is 2.34. The summed E-state index contributed by atoms with van der Waals surface area (Å²) in [6, 6.07) is 7.63. The molecule has 19 heavy (non-hydrogen) atoms. The van der Waals surface area contributed by atoms with Gasteiger partial charge in [-0.1, -0.05) is 15.9 Å². The molecule has 0 aliphatic heterocycles. The van der Waals surface area contributed by atoms with Gasteiger partial charge in [-0.15, -0.1) is 0 Å². The van der Waals surface area contributed by atoms with Gasteiger partial charge in [0.2, 0.25) is 0 Å². The van der Waals surface area contributed by atoms with Gasteiger partial charge < -0.3 is 4.74 Å². The van der Waals surface area contributed by atoms with Crippen LogP contribution in [0.1, 0.15) is 17.0 Å². The lowest BCUT2D eigenvalue weighted by Crippen LogP contribution is -2.26. The number of methoxy groups -OCH3 is 1. The molecule has 5 heteroatoms.